The van der Waals surface area contributed by atoms with Crippen LogP contribution >= 0.6 is 11.8 Å². The summed E-state index contributed by atoms with van der Waals surface area (Å²) in [6.45, 7) is 15.1. The molecular weight excluding hydrogens is 364 g/mol. The molecule has 0 aliphatic heterocycles. The van der Waals surface area contributed by atoms with Gasteiger partial charge in [0.2, 0.25) is 0 Å². The van der Waals surface area contributed by atoms with E-state index in [-0.39, 0.29) is 16.3 Å². The Labute approximate surface area is 164 Å². The third-order valence-electron chi connectivity index (χ3n) is 4.59. The van der Waals surface area contributed by atoms with Crippen LogP contribution in [0.5, 0.6) is 0 Å². The highest BCUT2D eigenvalue weighted by molar-refractivity contribution is 8.00. The zero-order valence-corrected chi connectivity index (χ0v) is 18.9. The summed E-state index contributed by atoms with van der Waals surface area (Å²) in [7, 11) is -1.83. The number of carbonyl (C=O) groups is 1. The van der Waals surface area contributed by atoms with Gasteiger partial charge in [0.1, 0.15) is 0 Å². The molecule has 1 unspecified atom stereocenters. The lowest BCUT2D eigenvalue weighted by atomic mass is 10.2. The number of carbonyl (C=O) groups excluding carboxylic acids is 1. The fourth-order valence-electron chi connectivity index (χ4n) is 1.93. The van der Waals surface area contributed by atoms with E-state index in [1.165, 1.54) is 0 Å². The third-order valence-corrected chi connectivity index (χ3v) is 10.2. The lowest BCUT2D eigenvalue weighted by Gasteiger charge is -2.37. The third kappa shape index (κ3) is 8.71. The van der Waals surface area contributed by atoms with Gasteiger partial charge >= 0.3 is 5.97 Å². The summed E-state index contributed by atoms with van der Waals surface area (Å²) in [6, 6.07) is 10.1. The molecule has 1 aromatic carbocycles. The maximum Gasteiger partial charge on any atom is 0.315 e. The standard InChI is InChI=1S/C20H34O4SSi/c1-7-23-19(21)16-25-18(15-24-26(5,6)20(2,3)4)14-22-13-17-11-9-8-10-12-17/h8-12,18H,7,13-16H2,1-6H3. The molecule has 0 fully saturated rings. The number of esters is 1. The number of thioether (sulfide) groups is 1. The van der Waals surface area contributed by atoms with Crippen molar-refractivity contribution < 1.29 is 18.7 Å². The van der Waals surface area contributed by atoms with Gasteiger partial charge in [0.05, 0.1) is 30.8 Å². The van der Waals surface area contributed by atoms with Crippen LogP contribution in [0, 0.1) is 0 Å². The summed E-state index contributed by atoms with van der Waals surface area (Å²) in [5.74, 6) is 0.145. The SMILES string of the molecule is CCOC(=O)CSC(COCc1ccccc1)CO[Si](C)(C)C(C)(C)C. The van der Waals surface area contributed by atoms with Gasteiger partial charge in [-0.25, -0.2) is 0 Å². The van der Waals surface area contributed by atoms with Crippen molar-refractivity contribution in [1.82, 2.24) is 0 Å². The Morgan fingerprint density at radius 3 is 2.38 bits per heavy atom. The highest BCUT2D eigenvalue weighted by Gasteiger charge is 2.37. The van der Waals surface area contributed by atoms with Gasteiger partial charge in [-0.2, -0.15) is 0 Å². The van der Waals surface area contributed by atoms with Crippen LogP contribution in [0.1, 0.15) is 33.3 Å². The molecule has 6 heteroatoms. The summed E-state index contributed by atoms with van der Waals surface area (Å²) in [5, 5.41) is 0.270. The van der Waals surface area contributed by atoms with Crippen molar-refractivity contribution in [2.24, 2.45) is 0 Å². The number of rotatable bonds is 11. The molecule has 4 nitrogen and oxygen atoms in total. The molecular formula is C20H34O4SSi. The zero-order chi connectivity index (χ0) is 19.6. The molecule has 1 atom stereocenters. The predicted molar refractivity (Wildman–Crippen MR) is 112 cm³/mol. The Kier molecular flexibility index (Phi) is 9.93. The largest absolute Gasteiger partial charge is 0.465 e. The number of hydrogen-bond acceptors (Lipinski definition) is 5. The van der Waals surface area contributed by atoms with E-state index in [4.69, 9.17) is 13.9 Å². The molecule has 0 N–H and O–H groups in total. The van der Waals surface area contributed by atoms with Crippen molar-refractivity contribution in [1.29, 1.82) is 0 Å². The Morgan fingerprint density at radius 2 is 1.81 bits per heavy atom. The molecule has 148 valence electrons. The Hall–Kier alpha value is -0.823. The normalized spacial score (nSPS) is 13.5. The van der Waals surface area contributed by atoms with E-state index in [9.17, 15) is 4.79 Å². The van der Waals surface area contributed by atoms with Crippen LogP contribution in [-0.4, -0.2) is 45.1 Å². The summed E-state index contributed by atoms with van der Waals surface area (Å²) in [4.78, 5) is 11.7. The molecule has 0 saturated heterocycles. The summed E-state index contributed by atoms with van der Waals surface area (Å²) in [6.07, 6.45) is 0. The number of benzene rings is 1. The summed E-state index contributed by atoms with van der Waals surface area (Å²) >= 11 is 1.55. The van der Waals surface area contributed by atoms with Crippen molar-refractivity contribution in [2.75, 3.05) is 25.6 Å². The molecule has 1 aromatic rings. The lowest BCUT2D eigenvalue weighted by Crippen LogP contribution is -2.42. The first kappa shape index (κ1) is 23.2. The van der Waals surface area contributed by atoms with E-state index >= 15 is 0 Å². The van der Waals surface area contributed by atoms with Gasteiger partial charge in [0, 0.05) is 6.61 Å². The second kappa shape index (κ2) is 11.1. The van der Waals surface area contributed by atoms with Gasteiger partial charge < -0.3 is 13.9 Å². The minimum atomic E-state index is -1.83. The van der Waals surface area contributed by atoms with Crippen LogP contribution in [0.15, 0.2) is 30.3 Å². The van der Waals surface area contributed by atoms with Crippen molar-refractivity contribution in [3.8, 4) is 0 Å². The van der Waals surface area contributed by atoms with Crippen molar-refractivity contribution in [2.45, 2.75) is 57.7 Å². The molecule has 0 aliphatic carbocycles. The molecule has 0 saturated carbocycles. The molecule has 0 radical (unpaired) electrons. The quantitative estimate of drug-likeness (QED) is 0.392. The van der Waals surface area contributed by atoms with E-state index in [0.29, 0.717) is 32.2 Å². The first-order valence-corrected chi connectivity index (χ1v) is 13.1. The predicted octanol–water partition coefficient (Wildman–Crippen LogP) is 4.89. The molecule has 0 heterocycles. The van der Waals surface area contributed by atoms with Gasteiger partial charge in [-0.15, -0.1) is 11.8 Å². The van der Waals surface area contributed by atoms with Crippen molar-refractivity contribution >= 4 is 26.0 Å². The summed E-state index contributed by atoms with van der Waals surface area (Å²) < 4.78 is 17.3. The second-order valence-corrected chi connectivity index (χ2v) is 13.9. The number of hydrogen-bond donors (Lipinski definition) is 0. The fraction of sp³-hybridized carbons (Fsp3) is 0.650. The first-order chi connectivity index (χ1) is 12.2. The maximum absolute atomic E-state index is 11.7. The average Bonchev–Trinajstić information content (AvgIpc) is 2.57. The van der Waals surface area contributed by atoms with Gasteiger partial charge in [0.15, 0.2) is 8.32 Å². The maximum atomic E-state index is 11.7. The minimum Gasteiger partial charge on any atom is -0.465 e. The van der Waals surface area contributed by atoms with Crippen LogP contribution < -0.4 is 0 Å². The molecule has 0 aliphatic rings. The Morgan fingerprint density at radius 1 is 1.15 bits per heavy atom. The molecule has 0 bridgehead atoms. The highest BCUT2D eigenvalue weighted by atomic mass is 32.2. The van der Waals surface area contributed by atoms with Crippen molar-refractivity contribution in [3.05, 3.63) is 35.9 Å². The zero-order valence-electron chi connectivity index (χ0n) is 17.0. The number of ether oxygens (including phenoxy) is 2. The second-order valence-electron chi connectivity index (χ2n) is 7.81. The van der Waals surface area contributed by atoms with E-state index in [0.717, 1.165) is 5.56 Å². The van der Waals surface area contributed by atoms with E-state index < -0.39 is 8.32 Å². The smallest absolute Gasteiger partial charge is 0.315 e. The van der Waals surface area contributed by atoms with E-state index in [1.807, 2.05) is 37.3 Å². The minimum absolute atomic E-state index is 0.109. The first-order valence-electron chi connectivity index (χ1n) is 9.18. The van der Waals surface area contributed by atoms with Crippen LogP contribution in [-0.2, 0) is 25.3 Å². The Balaban J connectivity index is 2.55. The van der Waals surface area contributed by atoms with Crippen LogP contribution in [0.25, 0.3) is 0 Å². The lowest BCUT2D eigenvalue weighted by molar-refractivity contribution is -0.139. The van der Waals surface area contributed by atoms with Crippen LogP contribution in [0.2, 0.25) is 18.1 Å². The topological polar surface area (TPSA) is 44.8 Å². The van der Waals surface area contributed by atoms with E-state index in [2.05, 4.69) is 33.9 Å². The monoisotopic (exact) mass is 398 g/mol. The molecule has 26 heavy (non-hydrogen) atoms. The molecule has 0 amide bonds. The van der Waals surface area contributed by atoms with Gasteiger partial charge in [-0.1, -0.05) is 51.1 Å². The van der Waals surface area contributed by atoms with Gasteiger partial charge in [-0.05, 0) is 30.6 Å². The van der Waals surface area contributed by atoms with Crippen LogP contribution in [0.3, 0.4) is 0 Å². The molecule has 0 spiro atoms. The summed E-state index contributed by atoms with van der Waals surface area (Å²) in [5.41, 5.74) is 1.15. The van der Waals surface area contributed by atoms with Crippen LogP contribution in [0.4, 0.5) is 0 Å². The van der Waals surface area contributed by atoms with Gasteiger partial charge in [0.25, 0.3) is 0 Å². The van der Waals surface area contributed by atoms with Gasteiger partial charge in [-0.3, -0.25) is 4.79 Å². The highest BCUT2D eigenvalue weighted by Crippen LogP contribution is 2.37. The molecule has 0 aromatic heterocycles. The van der Waals surface area contributed by atoms with E-state index in [1.54, 1.807) is 11.8 Å². The average molecular weight is 399 g/mol. The Bertz CT molecular complexity index is 528. The van der Waals surface area contributed by atoms with Crippen molar-refractivity contribution in [3.63, 3.8) is 0 Å². The fourth-order valence-corrected chi connectivity index (χ4v) is 3.92. The molecule has 1 rings (SSSR count).